The summed E-state index contributed by atoms with van der Waals surface area (Å²) in [4.78, 5) is 12.1. The Morgan fingerprint density at radius 1 is 1.33 bits per heavy atom. The quantitative estimate of drug-likeness (QED) is 0.943. The SMILES string of the molecule is COc1cccc(Cl)c1CNC(=O)c1cccc(C#N)c1. The molecule has 1 amide bonds. The molecule has 0 aliphatic rings. The minimum Gasteiger partial charge on any atom is -0.496 e. The molecule has 0 spiro atoms. The van der Waals surface area contributed by atoms with Crippen molar-refractivity contribution in [3.05, 3.63) is 64.2 Å². The molecule has 0 aromatic heterocycles. The van der Waals surface area contributed by atoms with Crippen molar-refractivity contribution in [3.63, 3.8) is 0 Å². The van der Waals surface area contributed by atoms with E-state index in [0.717, 1.165) is 0 Å². The lowest BCUT2D eigenvalue weighted by Crippen LogP contribution is -2.23. The summed E-state index contributed by atoms with van der Waals surface area (Å²) in [7, 11) is 1.55. The van der Waals surface area contributed by atoms with Crippen molar-refractivity contribution in [3.8, 4) is 11.8 Å². The number of nitriles is 1. The Bertz CT molecular complexity index is 708. The van der Waals surface area contributed by atoms with Gasteiger partial charge in [0.1, 0.15) is 5.75 Å². The number of amides is 1. The van der Waals surface area contributed by atoms with E-state index in [1.54, 1.807) is 49.6 Å². The molecule has 0 atom stereocenters. The van der Waals surface area contributed by atoms with Gasteiger partial charge < -0.3 is 10.1 Å². The first kappa shape index (κ1) is 14.9. The number of hydrogen-bond donors (Lipinski definition) is 1. The van der Waals surface area contributed by atoms with Gasteiger partial charge in [-0.3, -0.25) is 4.79 Å². The maximum absolute atomic E-state index is 12.1. The van der Waals surface area contributed by atoms with Crippen molar-refractivity contribution in [2.45, 2.75) is 6.54 Å². The first-order chi connectivity index (χ1) is 10.2. The Morgan fingerprint density at radius 2 is 2.10 bits per heavy atom. The first-order valence-electron chi connectivity index (χ1n) is 6.25. The first-order valence-corrected chi connectivity index (χ1v) is 6.63. The summed E-state index contributed by atoms with van der Waals surface area (Å²) in [6, 6.07) is 13.8. The molecule has 4 nitrogen and oxygen atoms in total. The molecular weight excluding hydrogens is 288 g/mol. The molecule has 2 rings (SSSR count). The molecule has 0 radical (unpaired) electrons. The smallest absolute Gasteiger partial charge is 0.251 e. The number of ether oxygens (including phenoxy) is 1. The molecule has 2 aromatic rings. The van der Waals surface area contributed by atoms with Crippen LogP contribution >= 0.6 is 11.6 Å². The molecule has 5 heteroatoms. The van der Waals surface area contributed by atoms with Crippen LogP contribution < -0.4 is 10.1 Å². The van der Waals surface area contributed by atoms with Crippen LogP contribution in [0.1, 0.15) is 21.5 Å². The van der Waals surface area contributed by atoms with Gasteiger partial charge in [0.25, 0.3) is 5.91 Å². The second-order valence-electron chi connectivity index (χ2n) is 4.30. The molecule has 0 aliphatic carbocycles. The highest BCUT2D eigenvalue weighted by Gasteiger charge is 2.11. The van der Waals surface area contributed by atoms with Gasteiger partial charge >= 0.3 is 0 Å². The van der Waals surface area contributed by atoms with Crippen molar-refractivity contribution < 1.29 is 9.53 Å². The highest BCUT2D eigenvalue weighted by Crippen LogP contribution is 2.25. The Hall–Kier alpha value is -2.51. The van der Waals surface area contributed by atoms with E-state index in [4.69, 9.17) is 21.6 Å². The summed E-state index contributed by atoms with van der Waals surface area (Å²) in [5.74, 6) is 0.350. The molecule has 0 bridgehead atoms. The zero-order valence-corrected chi connectivity index (χ0v) is 12.1. The Balaban J connectivity index is 2.13. The third kappa shape index (κ3) is 3.53. The van der Waals surface area contributed by atoms with Gasteiger partial charge in [0, 0.05) is 22.7 Å². The zero-order chi connectivity index (χ0) is 15.2. The number of hydrogen-bond acceptors (Lipinski definition) is 3. The molecule has 21 heavy (non-hydrogen) atoms. The van der Waals surface area contributed by atoms with Crippen molar-refractivity contribution in [1.29, 1.82) is 5.26 Å². The number of benzene rings is 2. The summed E-state index contributed by atoms with van der Waals surface area (Å²) in [6.07, 6.45) is 0. The van der Waals surface area contributed by atoms with Crippen molar-refractivity contribution in [2.24, 2.45) is 0 Å². The van der Waals surface area contributed by atoms with E-state index in [2.05, 4.69) is 5.32 Å². The van der Waals surface area contributed by atoms with Gasteiger partial charge in [0.15, 0.2) is 0 Å². The number of carbonyl (C=O) groups is 1. The summed E-state index contributed by atoms with van der Waals surface area (Å²) < 4.78 is 5.22. The molecule has 1 N–H and O–H groups in total. The monoisotopic (exact) mass is 300 g/mol. The lowest BCUT2D eigenvalue weighted by atomic mass is 10.1. The Labute approximate surface area is 127 Å². The maximum Gasteiger partial charge on any atom is 0.251 e. The third-order valence-electron chi connectivity index (χ3n) is 2.98. The van der Waals surface area contributed by atoms with Crippen LogP contribution in [0.15, 0.2) is 42.5 Å². The van der Waals surface area contributed by atoms with Gasteiger partial charge in [-0.05, 0) is 30.3 Å². The minimum atomic E-state index is -0.269. The van der Waals surface area contributed by atoms with Gasteiger partial charge in [-0.1, -0.05) is 23.7 Å². The Morgan fingerprint density at radius 3 is 2.81 bits per heavy atom. The van der Waals surface area contributed by atoms with Crippen molar-refractivity contribution in [1.82, 2.24) is 5.32 Å². The fraction of sp³-hybridized carbons (Fsp3) is 0.125. The molecule has 0 aliphatic heterocycles. The van der Waals surface area contributed by atoms with Gasteiger partial charge in [0.2, 0.25) is 0 Å². The van der Waals surface area contributed by atoms with Crippen LogP contribution in [0.3, 0.4) is 0 Å². The maximum atomic E-state index is 12.1. The molecule has 0 saturated heterocycles. The molecule has 0 saturated carbocycles. The molecule has 0 unspecified atom stereocenters. The van der Waals surface area contributed by atoms with Crippen LogP contribution in [0.25, 0.3) is 0 Å². The minimum absolute atomic E-state index is 0.248. The van der Waals surface area contributed by atoms with Gasteiger partial charge in [-0.15, -0.1) is 0 Å². The largest absolute Gasteiger partial charge is 0.496 e. The number of rotatable bonds is 4. The van der Waals surface area contributed by atoms with E-state index in [-0.39, 0.29) is 12.5 Å². The predicted octanol–water partition coefficient (Wildman–Crippen LogP) is 3.15. The van der Waals surface area contributed by atoms with E-state index in [1.165, 1.54) is 0 Å². The van der Waals surface area contributed by atoms with Crippen LogP contribution in [0.2, 0.25) is 5.02 Å². The average Bonchev–Trinajstić information content (AvgIpc) is 2.53. The second kappa shape index (κ2) is 6.78. The van der Waals surface area contributed by atoms with E-state index in [1.807, 2.05) is 6.07 Å². The highest BCUT2D eigenvalue weighted by atomic mass is 35.5. The van der Waals surface area contributed by atoms with E-state index in [0.29, 0.717) is 27.5 Å². The normalized spacial score (nSPS) is 9.76. The Kier molecular flexibility index (Phi) is 4.81. The van der Waals surface area contributed by atoms with Gasteiger partial charge in [0.05, 0.1) is 18.7 Å². The third-order valence-corrected chi connectivity index (χ3v) is 3.33. The van der Waals surface area contributed by atoms with Crippen LogP contribution in [0.5, 0.6) is 5.75 Å². The number of halogens is 1. The fourth-order valence-corrected chi connectivity index (χ4v) is 2.14. The number of methoxy groups -OCH3 is 1. The average molecular weight is 301 g/mol. The van der Waals surface area contributed by atoms with Crippen LogP contribution in [0, 0.1) is 11.3 Å². The summed E-state index contributed by atoms with van der Waals surface area (Å²) in [5, 5.41) is 12.1. The summed E-state index contributed by atoms with van der Waals surface area (Å²) in [6.45, 7) is 0.248. The summed E-state index contributed by atoms with van der Waals surface area (Å²) >= 11 is 6.11. The molecule has 2 aromatic carbocycles. The molecule has 0 fully saturated rings. The van der Waals surface area contributed by atoms with Crippen molar-refractivity contribution >= 4 is 17.5 Å². The van der Waals surface area contributed by atoms with Crippen LogP contribution in [0.4, 0.5) is 0 Å². The van der Waals surface area contributed by atoms with Crippen molar-refractivity contribution in [2.75, 3.05) is 7.11 Å². The summed E-state index contributed by atoms with van der Waals surface area (Å²) in [5.41, 5.74) is 1.59. The molecular formula is C16H13ClN2O2. The fourth-order valence-electron chi connectivity index (χ4n) is 1.90. The topological polar surface area (TPSA) is 62.1 Å². The van der Waals surface area contributed by atoms with E-state index < -0.39 is 0 Å². The lowest BCUT2D eigenvalue weighted by Gasteiger charge is -2.11. The van der Waals surface area contributed by atoms with Crippen LogP contribution in [-0.2, 0) is 6.54 Å². The number of carbonyl (C=O) groups excluding carboxylic acids is 1. The van der Waals surface area contributed by atoms with E-state index in [9.17, 15) is 4.79 Å². The van der Waals surface area contributed by atoms with Gasteiger partial charge in [-0.25, -0.2) is 0 Å². The lowest BCUT2D eigenvalue weighted by molar-refractivity contribution is 0.0950. The van der Waals surface area contributed by atoms with Gasteiger partial charge in [-0.2, -0.15) is 5.26 Å². The number of nitrogens with one attached hydrogen (secondary N) is 1. The highest BCUT2D eigenvalue weighted by molar-refractivity contribution is 6.31. The second-order valence-corrected chi connectivity index (χ2v) is 4.70. The van der Waals surface area contributed by atoms with E-state index >= 15 is 0 Å². The molecule has 106 valence electrons. The molecule has 0 heterocycles. The standard InChI is InChI=1S/C16H13ClN2O2/c1-21-15-7-3-6-14(17)13(15)10-19-16(20)12-5-2-4-11(8-12)9-18/h2-8H,10H2,1H3,(H,19,20). The zero-order valence-electron chi connectivity index (χ0n) is 11.4. The number of nitrogens with zero attached hydrogens (tertiary/aromatic N) is 1. The van der Waals surface area contributed by atoms with Crippen LogP contribution in [-0.4, -0.2) is 13.0 Å². The predicted molar refractivity (Wildman–Crippen MR) is 80.3 cm³/mol.